The minimum absolute atomic E-state index is 0.153. The molecule has 2 amide bonds. The van der Waals surface area contributed by atoms with E-state index in [0.29, 0.717) is 0 Å². The van der Waals surface area contributed by atoms with Gasteiger partial charge in [-0.15, -0.1) is 0 Å². The van der Waals surface area contributed by atoms with Crippen molar-refractivity contribution < 1.29 is 19.2 Å². The molecule has 2 aromatic carbocycles. The van der Waals surface area contributed by atoms with Crippen LogP contribution in [0.1, 0.15) is 10.4 Å². The third kappa shape index (κ3) is 4.68. The summed E-state index contributed by atoms with van der Waals surface area (Å²) >= 11 is 5.86. The summed E-state index contributed by atoms with van der Waals surface area (Å²) in [6.45, 7) is -0.427. The maximum atomic E-state index is 11.8. The van der Waals surface area contributed by atoms with Gasteiger partial charge in [-0.3, -0.25) is 30.6 Å². The fourth-order valence-corrected chi connectivity index (χ4v) is 1.93. The normalized spacial score (nSPS) is 9.88. The zero-order valence-corrected chi connectivity index (χ0v) is 12.9. The predicted octanol–water partition coefficient (Wildman–Crippen LogP) is 2.09. The number of non-ortho nitro benzene ring substituents is 1. The SMILES string of the molecule is O=C(COc1cccc([N+](=O)[O-])c1)NNC(=O)c1ccccc1Cl. The van der Waals surface area contributed by atoms with Crippen molar-refractivity contribution in [3.05, 3.63) is 69.2 Å². The number of hydrazine groups is 1. The number of hydrogen-bond acceptors (Lipinski definition) is 5. The lowest BCUT2D eigenvalue weighted by Crippen LogP contribution is -2.43. The summed E-state index contributed by atoms with van der Waals surface area (Å²) in [4.78, 5) is 33.5. The first-order valence-electron chi connectivity index (χ1n) is 6.68. The Hall–Kier alpha value is -3.13. The van der Waals surface area contributed by atoms with Crippen LogP contribution in [-0.2, 0) is 4.79 Å². The summed E-state index contributed by atoms with van der Waals surface area (Å²) in [6.07, 6.45) is 0. The van der Waals surface area contributed by atoms with Crippen LogP contribution in [0.25, 0.3) is 0 Å². The van der Waals surface area contributed by atoms with Crippen LogP contribution in [0.2, 0.25) is 5.02 Å². The molecule has 24 heavy (non-hydrogen) atoms. The molecule has 0 aliphatic carbocycles. The van der Waals surface area contributed by atoms with Crippen molar-refractivity contribution in [2.45, 2.75) is 0 Å². The van der Waals surface area contributed by atoms with Gasteiger partial charge in [0.25, 0.3) is 17.5 Å². The van der Waals surface area contributed by atoms with Gasteiger partial charge in [-0.05, 0) is 18.2 Å². The van der Waals surface area contributed by atoms with Crippen LogP contribution in [0.15, 0.2) is 48.5 Å². The minimum Gasteiger partial charge on any atom is -0.483 e. The molecule has 0 saturated heterocycles. The van der Waals surface area contributed by atoms with Crippen molar-refractivity contribution in [3.63, 3.8) is 0 Å². The summed E-state index contributed by atoms with van der Waals surface area (Å²) in [7, 11) is 0. The number of ether oxygens (including phenoxy) is 1. The zero-order valence-electron chi connectivity index (χ0n) is 12.2. The van der Waals surface area contributed by atoms with E-state index in [1.54, 1.807) is 18.2 Å². The Morgan fingerprint density at radius 1 is 1.12 bits per heavy atom. The van der Waals surface area contributed by atoms with Gasteiger partial charge < -0.3 is 4.74 Å². The second-order valence-corrected chi connectivity index (χ2v) is 4.93. The van der Waals surface area contributed by atoms with Crippen LogP contribution < -0.4 is 15.6 Å². The molecule has 0 aliphatic rings. The molecule has 0 atom stereocenters. The molecular formula is C15H12ClN3O5. The number of rotatable bonds is 5. The summed E-state index contributed by atoms with van der Waals surface area (Å²) in [5, 5.41) is 10.9. The van der Waals surface area contributed by atoms with Gasteiger partial charge >= 0.3 is 0 Å². The molecule has 0 aliphatic heterocycles. The predicted molar refractivity (Wildman–Crippen MR) is 85.7 cm³/mol. The van der Waals surface area contributed by atoms with E-state index in [1.807, 2.05) is 0 Å². The molecule has 124 valence electrons. The Morgan fingerprint density at radius 2 is 1.88 bits per heavy atom. The Kier molecular flexibility index (Phi) is 5.69. The number of amides is 2. The lowest BCUT2D eigenvalue weighted by atomic mass is 10.2. The molecule has 0 spiro atoms. The summed E-state index contributed by atoms with van der Waals surface area (Å²) in [6, 6.07) is 11.8. The Morgan fingerprint density at radius 3 is 2.58 bits per heavy atom. The molecule has 8 nitrogen and oxygen atoms in total. The molecule has 0 aromatic heterocycles. The fourth-order valence-electron chi connectivity index (χ4n) is 1.71. The van der Waals surface area contributed by atoms with Crippen molar-refractivity contribution >= 4 is 29.1 Å². The number of nitro groups is 1. The number of benzene rings is 2. The number of carbonyl (C=O) groups is 2. The number of nitrogens with zero attached hydrogens (tertiary/aromatic N) is 1. The Labute approximate surface area is 141 Å². The second kappa shape index (κ2) is 7.93. The van der Waals surface area contributed by atoms with Crippen LogP contribution >= 0.6 is 11.6 Å². The minimum atomic E-state index is -0.637. The zero-order chi connectivity index (χ0) is 17.5. The molecule has 9 heteroatoms. The van der Waals surface area contributed by atoms with Crippen molar-refractivity contribution in [1.29, 1.82) is 0 Å². The molecule has 0 bridgehead atoms. The number of halogens is 1. The summed E-state index contributed by atoms with van der Waals surface area (Å²) < 4.78 is 5.13. The lowest BCUT2D eigenvalue weighted by molar-refractivity contribution is -0.384. The number of nitro benzene ring substituents is 1. The van der Waals surface area contributed by atoms with Crippen LogP contribution in [0, 0.1) is 10.1 Å². The van der Waals surface area contributed by atoms with Crippen molar-refractivity contribution in [2.75, 3.05) is 6.61 Å². The molecule has 2 aromatic rings. The highest BCUT2D eigenvalue weighted by molar-refractivity contribution is 6.33. The highest BCUT2D eigenvalue weighted by atomic mass is 35.5. The van der Waals surface area contributed by atoms with Crippen molar-refractivity contribution in [2.24, 2.45) is 0 Å². The molecule has 0 heterocycles. The number of carbonyl (C=O) groups excluding carboxylic acids is 2. The maximum Gasteiger partial charge on any atom is 0.276 e. The van der Waals surface area contributed by atoms with E-state index in [9.17, 15) is 19.7 Å². The van der Waals surface area contributed by atoms with Gasteiger partial charge in [0.15, 0.2) is 6.61 Å². The molecule has 2 N–H and O–H groups in total. The third-order valence-corrected chi connectivity index (χ3v) is 3.16. The van der Waals surface area contributed by atoms with E-state index in [0.717, 1.165) is 0 Å². The van der Waals surface area contributed by atoms with E-state index in [-0.39, 0.29) is 22.0 Å². The smallest absolute Gasteiger partial charge is 0.276 e. The van der Waals surface area contributed by atoms with Gasteiger partial charge in [-0.1, -0.05) is 29.8 Å². The van der Waals surface area contributed by atoms with Crippen LogP contribution in [-0.4, -0.2) is 23.3 Å². The van der Waals surface area contributed by atoms with Gasteiger partial charge in [-0.25, -0.2) is 0 Å². The first kappa shape index (κ1) is 17.2. The fraction of sp³-hybridized carbons (Fsp3) is 0.0667. The molecular weight excluding hydrogens is 338 g/mol. The average Bonchev–Trinajstić information content (AvgIpc) is 2.58. The summed E-state index contributed by atoms with van der Waals surface area (Å²) in [5.74, 6) is -1.05. The molecule has 0 fully saturated rings. The number of nitrogens with one attached hydrogen (secondary N) is 2. The van der Waals surface area contributed by atoms with Crippen LogP contribution in [0.3, 0.4) is 0 Å². The van der Waals surface area contributed by atoms with E-state index >= 15 is 0 Å². The first-order valence-corrected chi connectivity index (χ1v) is 7.06. The molecule has 2 rings (SSSR count). The second-order valence-electron chi connectivity index (χ2n) is 4.53. The first-order chi connectivity index (χ1) is 11.5. The highest BCUT2D eigenvalue weighted by Gasteiger charge is 2.11. The van der Waals surface area contributed by atoms with E-state index in [2.05, 4.69) is 10.9 Å². The molecule has 0 saturated carbocycles. The molecule has 0 unspecified atom stereocenters. The lowest BCUT2D eigenvalue weighted by Gasteiger charge is -2.09. The maximum absolute atomic E-state index is 11.8. The quantitative estimate of drug-likeness (QED) is 0.634. The van der Waals surface area contributed by atoms with Gasteiger partial charge in [-0.2, -0.15) is 0 Å². The van der Waals surface area contributed by atoms with E-state index in [4.69, 9.17) is 16.3 Å². The average molecular weight is 350 g/mol. The Balaban J connectivity index is 1.84. The molecule has 0 radical (unpaired) electrons. The van der Waals surface area contributed by atoms with Crippen molar-refractivity contribution in [3.8, 4) is 5.75 Å². The highest BCUT2D eigenvalue weighted by Crippen LogP contribution is 2.18. The van der Waals surface area contributed by atoms with Gasteiger partial charge in [0.2, 0.25) is 0 Å². The van der Waals surface area contributed by atoms with Crippen LogP contribution in [0.5, 0.6) is 5.75 Å². The van der Waals surface area contributed by atoms with Crippen LogP contribution in [0.4, 0.5) is 5.69 Å². The summed E-state index contributed by atoms with van der Waals surface area (Å²) in [5.41, 5.74) is 4.41. The monoisotopic (exact) mass is 349 g/mol. The Bertz CT molecular complexity index is 781. The van der Waals surface area contributed by atoms with Gasteiger partial charge in [0.1, 0.15) is 5.75 Å². The van der Waals surface area contributed by atoms with E-state index in [1.165, 1.54) is 30.3 Å². The van der Waals surface area contributed by atoms with Gasteiger partial charge in [0.05, 0.1) is 21.6 Å². The van der Waals surface area contributed by atoms with Crippen molar-refractivity contribution in [1.82, 2.24) is 10.9 Å². The van der Waals surface area contributed by atoms with E-state index < -0.39 is 23.3 Å². The van der Waals surface area contributed by atoms with Gasteiger partial charge in [0, 0.05) is 6.07 Å². The third-order valence-electron chi connectivity index (χ3n) is 2.83. The number of hydrogen-bond donors (Lipinski definition) is 2. The largest absolute Gasteiger partial charge is 0.483 e. The topological polar surface area (TPSA) is 111 Å². The standard InChI is InChI=1S/C15H12ClN3O5/c16-13-7-2-1-6-12(13)15(21)18-17-14(20)9-24-11-5-3-4-10(8-11)19(22)23/h1-8H,9H2,(H,17,20)(H,18,21).